The average Bonchev–Trinajstić information content (AvgIpc) is 3.25. The average molecular weight is 369 g/mol. The summed E-state index contributed by atoms with van der Waals surface area (Å²) in [6, 6.07) is 4.08. The van der Waals surface area contributed by atoms with Crippen LogP contribution in [0.15, 0.2) is 30.9 Å². The Bertz CT molecular complexity index is 1110. The van der Waals surface area contributed by atoms with Gasteiger partial charge in [-0.25, -0.2) is 15.0 Å². The summed E-state index contributed by atoms with van der Waals surface area (Å²) in [6.07, 6.45) is 8.67. The van der Waals surface area contributed by atoms with Crippen molar-refractivity contribution < 1.29 is 4.74 Å². The molecule has 0 radical (unpaired) electrons. The Morgan fingerprint density at radius 3 is 2.96 bits per heavy atom. The van der Waals surface area contributed by atoms with E-state index in [1.807, 2.05) is 28.4 Å². The Hall–Kier alpha value is -2.51. The van der Waals surface area contributed by atoms with Crippen molar-refractivity contribution in [3.8, 4) is 11.3 Å². The van der Waals surface area contributed by atoms with Crippen LogP contribution in [-0.2, 0) is 11.8 Å². The van der Waals surface area contributed by atoms with Crippen LogP contribution in [0.25, 0.3) is 33.5 Å². The summed E-state index contributed by atoms with van der Waals surface area (Å²) in [5.74, 6) is 0. The van der Waals surface area contributed by atoms with Gasteiger partial charge in [0.25, 0.3) is 0 Å². The molecule has 0 spiro atoms. The molecule has 0 aliphatic carbocycles. The molecule has 4 aromatic rings. The summed E-state index contributed by atoms with van der Waals surface area (Å²) in [5.41, 5.74) is 3.88. The molecule has 1 fully saturated rings. The molecule has 1 aliphatic heterocycles. The molecular formula is C18H17ClN6O. The van der Waals surface area contributed by atoms with Crippen LogP contribution in [-0.4, -0.2) is 35.7 Å². The van der Waals surface area contributed by atoms with Gasteiger partial charge in [-0.15, -0.1) is 0 Å². The zero-order chi connectivity index (χ0) is 17.7. The molecule has 8 heteroatoms. The number of hydrogen-bond donors (Lipinski definition) is 0. The van der Waals surface area contributed by atoms with E-state index in [0.29, 0.717) is 16.9 Å². The normalized spacial score (nSPS) is 18.0. The number of rotatable bonds is 2. The summed E-state index contributed by atoms with van der Waals surface area (Å²) in [6.45, 7) is 0.755. The Labute approximate surface area is 154 Å². The van der Waals surface area contributed by atoms with Gasteiger partial charge in [-0.1, -0.05) is 0 Å². The SMILES string of the molecule is Cn1ccc2cc(-c3nc(Cl)nc4c3ncn4C3CCCCO3)cnc21. The zero-order valence-electron chi connectivity index (χ0n) is 14.3. The maximum Gasteiger partial charge on any atom is 0.225 e. The lowest BCUT2D eigenvalue weighted by Gasteiger charge is -2.23. The highest BCUT2D eigenvalue weighted by molar-refractivity contribution is 6.28. The number of halogens is 1. The van der Waals surface area contributed by atoms with Gasteiger partial charge in [-0.3, -0.25) is 4.57 Å². The third-order valence-electron chi connectivity index (χ3n) is 4.84. The number of pyridine rings is 1. The highest BCUT2D eigenvalue weighted by Gasteiger charge is 2.21. The van der Waals surface area contributed by atoms with Crippen LogP contribution >= 0.6 is 11.6 Å². The number of fused-ring (bicyclic) bond motifs is 2. The minimum Gasteiger partial charge on any atom is -0.358 e. The molecule has 132 valence electrons. The van der Waals surface area contributed by atoms with E-state index < -0.39 is 0 Å². The van der Waals surface area contributed by atoms with Gasteiger partial charge < -0.3 is 9.30 Å². The summed E-state index contributed by atoms with van der Waals surface area (Å²) < 4.78 is 9.82. The van der Waals surface area contributed by atoms with Gasteiger partial charge in [-0.2, -0.15) is 4.98 Å². The topological polar surface area (TPSA) is 70.7 Å². The van der Waals surface area contributed by atoms with Gasteiger partial charge >= 0.3 is 0 Å². The van der Waals surface area contributed by atoms with E-state index in [1.54, 1.807) is 12.5 Å². The molecule has 1 aliphatic rings. The molecular weight excluding hydrogens is 352 g/mol. The third-order valence-corrected chi connectivity index (χ3v) is 5.01. The van der Waals surface area contributed by atoms with E-state index in [1.165, 1.54) is 0 Å². The van der Waals surface area contributed by atoms with Crippen LogP contribution < -0.4 is 0 Å². The Balaban J connectivity index is 1.68. The lowest BCUT2D eigenvalue weighted by molar-refractivity contribution is -0.0298. The van der Waals surface area contributed by atoms with Crippen LogP contribution in [0.2, 0.25) is 5.28 Å². The van der Waals surface area contributed by atoms with Crippen LogP contribution in [0, 0.1) is 0 Å². The fraction of sp³-hybridized carbons (Fsp3) is 0.333. The van der Waals surface area contributed by atoms with Crippen molar-refractivity contribution in [2.45, 2.75) is 25.5 Å². The molecule has 1 atom stereocenters. The molecule has 4 aromatic heterocycles. The Morgan fingerprint density at radius 2 is 2.12 bits per heavy atom. The summed E-state index contributed by atoms with van der Waals surface area (Å²) in [4.78, 5) is 18.0. The second-order valence-corrected chi connectivity index (χ2v) is 6.89. The molecule has 26 heavy (non-hydrogen) atoms. The highest BCUT2D eigenvalue weighted by atomic mass is 35.5. The quantitative estimate of drug-likeness (QED) is 0.504. The first kappa shape index (κ1) is 15.7. The highest BCUT2D eigenvalue weighted by Crippen LogP contribution is 2.31. The fourth-order valence-corrected chi connectivity index (χ4v) is 3.69. The summed E-state index contributed by atoms with van der Waals surface area (Å²) in [7, 11) is 1.97. The standard InChI is InChI=1S/C18H17ClN6O/c1-24-6-5-11-8-12(9-20-16(11)24)14-15-17(23-18(19)22-14)25(10-21-15)13-4-2-3-7-26-13/h5-6,8-10,13H,2-4,7H2,1H3. The number of imidazole rings is 1. The number of ether oxygens (including phenoxy) is 1. The Morgan fingerprint density at radius 1 is 1.19 bits per heavy atom. The molecule has 0 saturated carbocycles. The molecule has 0 aromatic carbocycles. The van der Waals surface area contributed by atoms with E-state index in [9.17, 15) is 0 Å². The maximum atomic E-state index is 6.24. The molecule has 5 heterocycles. The zero-order valence-corrected chi connectivity index (χ0v) is 15.0. The first-order valence-electron chi connectivity index (χ1n) is 8.64. The van der Waals surface area contributed by atoms with E-state index in [-0.39, 0.29) is 11.5 Å². The van der Waals surface area contributed by atoms with Gasteiger partial charge in [0.1, 0.15) is 23.1 Å². The molecule has 1 saturated heterocycles. The molecule has 0 amide bonds. The van der Waals surface area contributed by atoms with Crippen molar-refractivity contribution in [2.75, 3.05) is 6.61 Å². The number of nitrogens with zero attached hydrogens (tertiary/aromatic N) is 6. The van der Waals surface area contributed by atoms with Gasteiger partial charge in [0.05, 0.1) is 6.33 Å². The van der Waals surface area contributed by atoms with Gasteiger partial charge in [0.15, 0.2) is 5.65 Å². The second kappa shape index (κ2) is 6.03. The summed E-state index contributed by atoms with van der Waals surface area (Å²) >= 11 is 6.24. The van der Waals surface area contributed by atoms with Crippen molar-refractivity contribution >= 4 is 33.8 Å². The van der Waals surface area contributed by atoms with E-state index in [2.05, 4.69) is 26.0 Å². The number of aromatic nitrogens is 6. The smallest absolute Gasteiger partial charge is 0.225 e. The fourth-order valence-electron chi connectivity index (χ4n) is 3.53. The van der Waals surface area contributed by atoms with Crippen LogP contribution in [0.5, 0.6) is 0 Å². The molecule has 5 rings (SSSR count). The molecule has 7 nitrogen and oxygen atoms in total. The predicted octanol–water partition coefficient (Wildman–Crippen LogP) is 3.73. The monoisotopic (exact) mass is 368 g/mol. The van der Waals surface area contributed by atoms with Crippen molar-refractivity contribution in [1.29, 1.82) is 0 Å². The van der Waals surface area contributed by atoms with Gasteiger partial charge in [-0.05, 0) is 43.0 Å². The van der Waals surface area contributed by atoms with Crippen molar-refractivity contribution in [3.05, 3.63) is 36.1 Å². The second-order valence-electron chi connectivity index (χ2n) is 6.55. The van der Waals surface area contributed by atoms with Crippen LogP contribution in [0.4, 0.5) is 0 Å². The molecule has 1 unspecified atom stereocenters. The van der Waals surface area contributed by atoms with Crippen LogP contribution in [0.1, 0.15) is 25.5 Å². The molecule has 0 N–H and O–H groups in total. The maximum absolute atomic E-state index is 6.24. The first-order valence-corrected chi connectivity index (χ1v) is 9.01. The van der Waals surface area contributed by atoms with Crippen LogP contribution in [0.3, 0.4) is 0 Å². The predicted molar refractivity (Wildman–Crippen MR) is 98.9 cm³/mol. The lowest BCUT2D eigenvalue weighted by atomic mass is 10.1. The molecule has 0 bridgehead atoms. The van der Waals surface area contributed by atoms with Crippen molar-refractivity contribution in [3.63, 3.8) is 0 Å². The number of aryl methyl sites for hydroxylation is 1. The van der Waals surface area contributed by atoms with E-state index in [0.717, 1.165) is 42.5 Å². The van der Waals surface area contributed by atoms with Gasteiger partial charge in [0, 0.05) is 37.0 Å². The van der Waals surface area contributed by atoms with Crippen molar-refractivity contribution in [1.82, 2.24) is 29.1 Å². The van der Waals surface area contributed by atoms with Crippen molar-refractivity contribution in [2.24, 2.45) is 7.05 Å². The first-order chi connectivity index (χ1) is 12.7. The number of hydrogen-bond acceptors (Lipinski definition) is 5. The van der Waals surface area contributed by atoms with E-state index >= 15 is 0 Å². The Kier molecular flexibility index (Phi) is 3.65. The van der Waals surface area contributed by atoms with Gasteiger partial charge in [0.2, 0.25) is 5.28 Å². The lowest BCUT2D eigenvalue weighted by Crippen LogP contribution is -2.17. The van der Waals surface area contributed by atoms with E-state index in [4.69, 9.17) is 16.3 Å². The third kappa shape index (κ3) is 2.47. The summed E-state index contributed by atoms with van der Waals surface area (Å²) in [5, 5.41) is 1.24. The minimum atomic E-state index is -0.0534. The largest absolute Gasteiger partial charge is 0.358 e. The minimum absolute atomic E-state index is 0.0534.